The van der Waals surface area contributed by atoms with Crippen molar-refractivity contribution in [3.8, 4) is 0 Å². The molecule has 0 aliphatic heterocycles. The number of esters is 1. The Morgan fingerprint density at radius 1 is 0.955 bits per heavy atom. The molecular formula is C18H15NO3. The maximum Gasteiger partial charge on any atom is 0.375 e. The minimum Gasteiger partial charge on any atom is -0.455 e. The van der Waals surface area contributed by atoms with Crippen molar-refractivity contribution in [1.29, 1.82) is 0 Å². The molecule has 1 N–H and O–H groups in total. The number of H-pyrrole nitrogens is 1. The molecule has 0 saturated carbocycles. The molecule has 0 spiro atoms. The van der Waals surface area contributed by atoms with Crippen LogP contribution >= 0.6 is 0 Å². The molecule has 0 aliphatic carbocycles. The summed E-state index contributed by atoms with van der Waals surface area (Å²) >= 11 is 0. The molecule has 0 radical (unpaired) electrons. The highest BCUT2D eigenvalue weighted by molar-refractivity contribution is 6.34. The van der Waals surface area contributed by atoms with Gasteiger partial charge in [0.15, 0.2) is 0 Å². The Hall–Kier alpha value is -2.88. The first kappa shape index (κ1) is 14.1. The largest absolute Gasteiger partial charge is 0.455 e. The first-order valence-electron chi connectivity index (χ1n) is 7.03. The summed E-state index contributed by atoms with van der Waals surface area (Å²) in [6.45, 7) is 0.110. The minimum atomic E-state index is -0.797. The van der Waals surface area contributed by atoms with Crippen LogP contribution in [-0.4, -0.2) is 16.7 Å². The Balaban J connectivity index is 1.63. The maximum absolute atomic E-state index is 12.0. The fourth-order valence-corrected chi connectivity index (χ4v) is 2.33. The smallest absolute Gasteiger partial charge is 0.375 e. The molecule has 0 aliphatic rings. The van der Waals surface area contributed by atoms with Crippen LogP contribution in [0.3, 0.4) is 0 Å². The maximum atomic E-state index is 12.0. The number of aromatic nitrogens is 1. The molecule has 3 rings (SSSR count). The van der Waals surface area contributed by atoms with Crippen LogP contribution in [0.25, 0.3) is 10.9 Å². The molecule has 3 aromatic rings. The van der Waals surface area contributed by atoms with Gasteiger partial charge in [0.05, 0.1) is 0 Å². The number of ether oxygens (including phenoxy) is 1. The predicted octanol–water partition coefficient (Wildman–Crippen LogP) is 3.02. The fourth-order valence-electron chi connectivity index (χ4n) is 2.33. The third kappa shape index (κ3) is 3.06. The quantitative estimate of drug-likeness (QED) is 0.581. The van der Waals surface area contributed by atoms with Crippen molar-refractivity contribution >= 4 is 22.7 Å². The van der Waals surface area contributed by atoms with Gasteiger partial charge in [0.2, 0.25) is 5.78 Å². The molecule has 0 atom stereocenters. The summed E-state index contributed by atoms with van der Waals surface area (Å²) in [7, 11) is 0. The van der Waals surface area contributed by atoms with Gasteiger partial charge in [0.25, 0.3) is 0 Å². The number of benzene rings is 2. The summed E-state index contributed by atoms with van der Waals surface area (Å²) in [5.41, 5.74) is 2.61. The number of carbonyl (C=O) groups is 2. The van der Waals surface area contributed by atoms with E-state index in [-0.39, 0.29) is 13.0 Å². The van der Waals surface area contributed by atoms with E-state index in [2.05, 4.69) is 4.98 Å². The first-order valence-corrected chi connectivity index (χ1v) is 7.03. The van der Waals surface area contributed by atoms with E-state index in [1.807, 2.05) is 54.6 Å². The average molecular weight is 293 g/mol. The molecule has 4 nitrogen and oxygen atoms in total. The number of ketones is 1. The fraction of sp³-hybridized carbons (Fsp3) is 0.111. The predicted molar refractivity (Wildman–Crippen MR) is 83.2 cm³/mol. The van der Waals surface area contributed by atoms with E-state index < -0.39 is 11.8 Å². The van der Waals surface area contributed by atoms with Gasteiger partial charge in [-0.05, 0) is 17.2 Å². The van der Waals surface area contributed by atoms with E-state index in [4.69, 9.17) is 4.74 Å². The SMILES string of the molecule is O=C(Cc1c[nH]c2ccccc12)C(=O)OCc1ccccc1. The number of fused-ring (bicyclic) bond motifs is 1. The summed E-state index contributed by atoms with van der Waals surface area (Å²) in [6.07, 6.45) is 1.80. The molecule has 0 unspecified atom stereocenters. The highest BCUT2D eigenvalue weighted by Gasteiger charge is 2.17. The zero-order chi connectivity index (χ0) is 15.4. The lowest BCUT2D eigenvalue weighted by molar-refractivity contribution is -0.154. The molecule has 1 heterocycles. The van der Waals surface area contributed by atoms with Crippen LogP contribution in [0.2, 0.25) is 0 Å². The van der Waals surface area contributed by atoms with Gasteiger partial charge in [0.1, 0.15) is 6.61 Å². The van der Waals surface area contributed by atoms with Crippen LogP contribution in [0.1, 0.15) is 11.1 Å². The van der Waals surface area contributed by atoms with Crippen molar-refractivity contribution in [1.82, 2.24) is 4.98 Å². The number of Topliss-reactive ketones (excluding diaryl/α,β-unsaturated/α-hetero) is 1. The molecule has 0 fully saturated rings. The molecule has 22 heavy (non-hydrogen) atoms. The monoisotopic (exact) mass is 293 g/mol. The molecule has 0 bridgehead atoms. The van der Waals surface area contributed by atoms with E-state index in [9.17, 15) is 9.59 Å². The number of hydrogen-bond donors (Lipinski definition) is 1. The number of nitrogens with one attached hydrogen (secondary N) is 1. The van der Waals surface area contributed by atoms with Crippen molar-refractivity contribution < 1.29 is 14.3 Å². The van der Waals surface area contributed by atoms with E-state index in [0.717, 1.165) is 22.0 Å². The van der Waals surface area contributed by atoms with Crippen LogP contribution in [0.4, 0.5) is 0 Å². The highest BCUT2D eigenvalue weighted by Crippen LogP contribution is 2.18. The van der Waals surface area contributed by atoms with Crippen LogP contribution in [-0.2, 0) is 27.4 Å². The van der Waals surface area contributed by atoms with E-state index in [1.165, 1.54) is 0 Å². The lowest BCUT2D eigenvalue weighted by Crippen LogP contribution is -2.19. The average Bonchev–Trinajstić information content (AvgIpc) is 2.97. The van der Waals surface area contributed by atoms with Gasteiger partial charge in [0, 0.05) is 23.5 Å². The van der Waals surface area contributed by atoms with Crippen molar-refractivity contribution in [2.45, 2.75) is 13.0 Å². The first-order chi connectivity index (χ1) is 10.7. The standard InChI is InChI=1S/C18H15NO3/c20-17(18(21)22-12-13-6-2-1-3-7-13)10-14-11-19-16-9-5-4-8-15(14)16/h1-9,11,19H,10,12H2. The summed E-state index contributed by atoms with van der Waals surface area (Å²) in [6, 6.07) is 17.0. The van der Waals surface area contributed by atoms with Crippen molar-refractivity contribution in [2.75, 3.05) is 0 Å². The second-order valence-electron chi connectivity index (χ2n) is 5.02. The summed E-state index contributed by atoms with van der Waals surface area (Å²) < 4.78 is 5.05. The van der Waals surface area contributed by atoms with Crippen LogP contribution in [0.5, 0.6) is 0 Å². The number of rotatable bonds is 5. The topological polar surface area (TPSA) is 59.2 Å². The summed E-state index contributed by atoms with van der Waals surface area (Å²) in [5.74, 6) is -1.34. The Morgan fingerprint density at radius 3 is 2.50 bits per heavy atom. The van der Waals surface area contributed by atoms with Crippen LogP contribution in [0.15, 0.2) is 60.8 Å². The molecule has 0 amide bonds. The van der Waals surface area contributed by atoms with Gasteiger partial charge in [-0.3, -0.25) is 4.79 Å². The van der Waals surface area contributed by atoms with Gasteiger partial charge < -0.3 is 9.72 Å². The van der Waals surface area contributed by atoms with Gasteiger partial charge >= 0.3 is 5.97 Å². The molecule has 110 valence electrons. The Kier molecular flexibility index (Phi) is 4.01. The molecule has 0 saturated heterocycles. The van der Waals surface area contributed by atoms with Gasteiger partial charge in [-0.2, -0.15) is 0 Å². The number of carbonyl (C=O) groups excluding carboxylic acids is 2. The molecular weight excluding hydrogens is 278 g/mol. The lowest BCUT2D eigenvalue weighted by atomic mass is 10.1. The van der Waals surface area contributed by atoms with Gasteiger partial charge in [-0.25, -0.2) is 4.79 Å². The van der Waals surface area contributed by atoms with E-state index >= 15 is 0 Å². The van der Waals surface area contributed by atoms with E-state index in [1.54, 1.807) is 6.20 Å². The second-order valence-corrected chi connectivity index (χ2v) is 5.02. The number of aromatic amines is 1. The zero-order valence-corrected chi connectivity index (χ0v) is 11.9. The van der Waals surface area contributed by atoms with Crippen molar-refractivity contribution in [3.63, 3.8) is 0 Å². The molecule has 1 aromatic heterocycles. The zero-order valence-electron chi connectivity index (χ0n) is 11.9. The van der Waals surface area contributed by atoms with Crippen molar-refractivity contribution in [2.24, 2.45) is 0 Å². The molecule has 4 heteroatoms. The number of para-hydroxylation sites is 1. The summed E-state index contributed by atoms with van der Waals surface area (Å²) in [5, 5.41) is 0.951. The molecule has 2 aromatic carbocycles. The van der Waals surface area contributed by atoms with E-state index in [0.29, 0.717) is 0 Å². The summed E-state index contributed by atoms with van der Waals surface area (Å²) in [4.78, 5) is 26.9. The minimum absolute atomic E-state index is 0.0393. The van der Waals surface area contributed by atoms with Crippen LogP contribution in [0, 0.1) is 0 Å². The van der Waals surface area contributed by atoms with Crippen molar-refractivity contribution in [3.05, 3.63) is 71.9 Å². The Morgan fingerprint density at radius 2 is 1.68 bits per heavy atom. The third-order valence-electron chi connectivity index (χ3n) is 3.47. The third-order valence-corrected chi connectivity index (χ3v) is 3.47. The van der Waals surface area contributed by atoms with Gasteiger partial charge in [-0.1, -0.05) is 48.5 Å². The lowest BCUT2D eigenvalue weighted by Gasteiger charge is -2.04. The highest BCUT2D eigenvalue weighted by atomic mass is 16.5. The Bertz CT molecular complexity index is 805. The Labute approximate surface area is 127 Å². The van der Waals surface area contributed by atoms with Gasteiger partial charge in [-0.15, -0.1) is 0 Å². The normalized spacial score (nSPS) is 10.5. The van der Waals surface area contributed by atoms with Crippen LogP contribution < -0.4 is 0 Å². The second kappa shape index (κ2) is 6.26. The number of hydrogen-bond acceptors (Lipinski definition) is 3.